The first-order valence-electron chi connectivity index (χ1n) is 8.64. The van der Waals surface area contributed by atoms with Crippen molar-refractivity contribution in [1.82, 2.24) is 10.6 Å². The molecule has 132 valence electrons. The number of hydrogen-bond donors (Lipinski definition) is 2. The standard InChI is InChI=1S/C20H22N2O2.ClH/c1-13-16-9-8-15-6-2-3-7-17(15)19(16)24-18(13)20(23)22-12-14-5-4-10-21-11-14;/h2-3,6-9,14,21H,4-5,10-12H2,1H3,(H,22,23);1H. The van der Waals surface area contributed by atoms with Crippen molar-refractivity contribution in [2.75, 3.05) is 19.6 Å². The third-order valence-electron chi connectivity index (χ3n) is 4.98. The molecule has 1 aliphatic rings. The van der Waals surface area contributed by atoms with E-state index in [0.29, 0.717) is 18.2 Å². The molecule has 3 aromatic rings. The number of amides is 1. The van der Waals surface area contributed by atoms with E-state index in [9.17, 15) is 4.79 Å². The van der Waals surface area contributed by atoms with Crippen molar-refractivity contribution < 1.29 is 9.21 Å². The second kappa shape index (κ2) is 7.46. The van der Waals surface area contributed by atoms with Crippen LogP contribution in [0.2, 0.25) is 0 Å². The summed E-state index contributed by atoms with van der Waals surface area (Å²) < 4.78 is 5.99. The van der Waals surface area contributed by atoms with Crippen LogP contribution in [-0.2, 0) is 0 Å². The molecule has 2 N–H and O–H groups in total. The van der Waals surface area contributed by atoms with Crippen molar-refractivity contribution in [2.45, 2.75) is 19.8 Å². The quantitative estimate of drug-likeness (QED) is 0.742. The van der Waals surface area contributed by atoms with Gasteiger partial charge in [0.2, 0.25) is 0 Å². The molecule has 1 unspecified atom stereocenters. The number of furan rings is 1. The molecule has 1 aliphatic heterocycles. The molecule has 0 radical (unpaired) electrons. The van der Waals surface area contributed by atoms with Crippen LogP contribution >= 0.6 is 12.4 Å². The number of benzene rings is 2. The van der Waals surface area contributed by atoms with E-state index in [-0.39, 0.29) is 18.3 Å². The van der Waals surface area contributed by atoms with Gasteiger partial charge in [-0.05, 0) is 44.2 Å². The monoisotopic (exact) mass is 358 g/mol. The van der Waals surface area contributed by atoms with Crippen molar-refractivity contribution >= 4 is 40.1 Å². The Morgan fingerprint density at radius 3 is 2.88 bits per heavy atom. The zero-order valence-corrected chi connectivity index (χ0v) is 15.1. The zero-order chi connectivity index (χ0) is 16.5. The Kier molecular flexibility index (Phi) is 5.30. The van der Waals surface area contributed by atoms with Crippen molar-refractivity contribution in [2.24, 2.45) is 5.92 Å². The van der Waals surface area contributed by atoms with Crippen molar-refractivity contribution in [3.8, 4) is 0 Å². The number of carbonyl (C=O) groups excluding carboxylic acids is 1. The van der Waals surface area contributed by atoms with Gasteiger partial charge in [-0.25, -0.2) is 0 Å². The van der Waals surface area contributed by atoms with Gasteiger partial charge in [-0.1, -0.05) is 36.4 Å². The number of piperidine rings is 1. The highest BCUT2D eigenvalue weighted by atomic mass is 35.5. The van der Waals surface area contributed by atoms with Crippen LogP contribution in [0.5, 0.6) is 0 Å². The van der Waals surface area contributed by atoms with Crippen LogP contribution < -0.4 is 10.6 Å². The summed E-state index contributed by atoms with van der Waals surface area (Å²) >= 11 is 0. The van der Waals surface area contributed by atoms with Gasteiger partial charge in [0.15, 0.2) is 5.76 Å². The summed E-state index contributed by atoms with van der Waals surface area (Å²) in [4.78, 5) is 12.6. The molecule has 1 fully saturated rings. The average Bonchev–Trinajstić information content (AvgIpc) is 2.98. The Morgan fingerprint density at radius 1 is 1.24 bits per heavy atom. The molecule has 4 rings (SSSR count). The lowest BCUT2D eigenvalue weighted by atomic mass is 10.00. The van der Waals surface area contributed by atoms with Crippen LogP contribution in [0.25, 0.3) is 21.7 Å². The second-order valence-corrected chi connectivity index (χ2v) is 6.64. The van der Waals surface area contributed by atoms with E-state index in [4.69, 9.17) is 4.42 Å². The molecule has 4 nitrogen and oxygen atoms in total. The van der Waals surface area contributed by atoms with E-state index < -0.39 is 0 Å². The Labute approximate surface area is 153 Å². The van der Waals surface area contributed by atoms with Gasteiger partial charge in [-0.15, -0.1) is 12.4 Å². The van der Waals surface area contributed by atoms with Crippen molar-refractivity contribution in [3.05, 3.63) is 47.7 Å². The smallest absolute Gasteiger partial charge is 0.287 e. The van der Waals surface area contributed by atoms with Gasteiger partial charge in [0, 0.05) is 22.9 Å². The normalized spacial score (nSPS) is 17.4. The van der Waals surface area contributed by atoms with Gasteiger partial charge >= 0.3 is 0 Å². The lowest BCUT2D eigenvalue weighted by Crippen LogP contribution is -2.38. The summed E-state index contributed by atoms with van der Waals surface area (Å²) in [6, 6.07) is 12.2. The number of hydrogen-bond acceptors (Lipinski definition) is 3. The summed E-state index contributed by atoms with van der Waals surface area (Å²) in [6.45, 7) is 4.71. The highest BCUT2D eigenvalue weighted by molar-refractivity contribution is 6.08. The maximum Gasteiger partial charge on any atom is 0.287 e. The zero-order valence-electron chi connectivity index (χ0n) is 14.3. The fraction of sp³-hybridized carbons (Fsp3) is 0.350. The maximum absolute atomic E-state index is 12.6. The predicted molar refractivity (Wildman–Crippen MR) is 104 cm³/mol. The van der Waals surface area contributed by atoms with E-state index in [0.717, 1.165) is 46.8 Å². The molecular formula is C20H23ClN2O2. The molecule has 2 aromatic carbocycles. The molecule has 25 heavy (non-hydrogen) atoms. The SMILES string of the molecule is Cc1c(C(=O)NCC2CCCNC2)oc2c1ccc1ccccc12.Cl. The predicted octanol–water partition coefficient (Wildman–Crippen LogP) is 4.05. The summed E-state index contributed by atoms with van der Waals surface area (Å²) in [5, 5.41) is 9.61. The van der Waals surface area contributed by atoms with E-state index in [1.54, 1.807) is 0 Å². The third-order valence-corrected chi connectivity index (χ3v) is 4.98. The molecule has 0 spiro atoms. The highest BCUT2D eigenvalue weighted by Gasteiger charge is 2.20. The van der Waals surface area contributed by atoms with E-state index in [2.05, 4.69) is 22.8 Å². The van der Waals surface area contributed by atoms with Crippen molar-refractivity contribution in [1.29, 1.82) is 0 Å². The molecule has 1 aromatic heterocycles. The molecule has 2 heterocycles. The van der Waals surface area contributed by atoms with Crippen LogP contribution in [0.15, 0.2) is 40.8 Å². The minimum atomic E-state index is -0.113. The lowest BCUT2D eigenvalue weighted by Gasteiger charge is -2.22. The number of aryl methyl sites for hydroxylation is 1. The van der Waals surface area contributed by atoms with E-state index >= 15 is 0 Å². The van der Waals surface area contributed by atoms with Gasteiger partial charge in [-0.2, -0.15) is 0 Å². The molecule has 0 aliphatic carbocycles. The molecule has 0 saturated carbocycles. The fourth-order valence-electron chi connectivity index (χ4n) is 3.58. The lowest BCUT2D eigenvalue weighted by molar-refractivity contribution is 0.0918. The summed E-state index contributed by atoms with van der Waals surface area (Å²) in [5.41, 5.74) is 1.71. The van der Waals surface area contributed by atoms with Gasteiger partial charge in [0.1, 0.15) is 5.58 Å². The Hall–Kier alpha value is -2.04. The highest BCUT2D eigenvalue weighted by Crippen LogP contribution is 2.31. The Morgan fingerprint density at radius 2 is 2.08 bits per heavy atom. The first kappa shape index (κ1) is 17.8. The van der Waals surface area contributed by atoms with Gasteiger partial charge in [-0.3, -0.25) is 4.79 Å². The van der Waals surface area contributed by atoms with Crippen LogP contribution in [-0.4, -0.2) is 25.5 Å². The van der Waals surface area contributed by atoms with Gasteiger partial charge < -0.3 is 15.1 Å². The van der Waals surface area contributed by atoms with Crippen molar-refractivity contribution in [3.63, 3.8) is 0 Å². The minimum absolute atomic E-state index is 0. The summed E-state index contributed by atoms with van der Waals surface area (Å²) in [6.07, 6.45) is 2.34. The summed E-state index contributed by atoms with van der Waals surface area (Å²) in [5.74, 6) is 0.830. The number of carbonyl (C=O) groups is 1. The van der Waals surface area contributed by atoms with E-state index in [1.165, 1.54) is 6.42 Å². The van der Waals surface area contributed by atoms with Gasteiger partial charge in [0.05, 0.1) is 0 Å². The molecular weight excluding hydrogens is 336 g/mol. The van der Waals surface area contributed by atoms with Crippen LogP contribution in [0.1, 0.15) is 29.0 Å². The minimum Gasteiger partial charge on any atom is -0.450 e. The third kappa shape index (κ3) is 3.37. The molecule has 1 amide bonds. The molecule has 0 bridgehead atoms. The Bertz CT molecular complexity index is 897. The first-order valence-corrected chi connectivity index (χ1v) is 8.64. The molecule has 1 atom stereocenters. The largest absolute Gasteiger partial charge is 0.450 e. The molecule has 1 saturated heterocycles. The maximum atomic E-state index is 12.6. The Balaban J connectivity index is 0.00000182. The first-order chi connectivity index (χ1) is 11.7. The number of fused-ring (bicyclic) bond motifs is 3. The molecule has 5 heteroatoms. The fourth-order valence-corrected chi connectivity index (χ4v) is 3.58. The van der Waals surface area contributed by atoms with Crippen LogP contribution in [0.4, 0.5) is 0 Å². The second-order valence-electron chi connectivity index (χ2n) is 6.64. The van der Waals surface area contributed by atoms with Crippen LogP contribution in [0, 0.1) is 12.8 Å². The van der Waals surface area contributed by atoms with E-state index in [1.807, 2.05) is 31.2 Å². The van der Waals surface area contributed by atoms with Gasteiger partial charge in [0.25, 0.3) is 5.91 Å². The van der Waals surface area contributed by atoms with Crippen LogP contribution in [0.3, 0.4) is 0 Å². The number of nitrogens with one attached hydrogen (secondary N) is 2. The average molecular weight is 359 g/mol. The number of rotatable bonds is 3. The number of halogens is 1. The summed E-state index contributed by atoms with van der Waals surface area (Å²) in [7, 11) is 0. The topological polar surface area (TPSA) is 54.3 Å².